The van der Waals surface area contributed by atoms with E-state index >= 15 is 0 Å². The zero-order chi connectivity index (χ0) is 7.35. The van der Waals surface area contributed by atoms with E-state index in [2.05, 4.69) is 20.8 Å². The van der Waals surface area contributed by atoms with Crippen molar-refractivity contribution in [3.8, 4) is 0 Å². The maximum atomic E-state index is 2.45. The first-order valence-electron chi connectivity index (χ1n) is 4.67. The summed E-state index contributed by atoms with van der Waals surface area (Å²) in [5.74, 6) is 3.36. The zero-order valence-electron chi connectivity index (χ0n) is 7.35. The second-order valence-corrected chi connectivity index (χ2v) is 4.79. The highest BCUT2D eigenvalue weighted by molar-refractivity contribution is 5.08. The van der Waals surface area contributed by atoms with Gasteiger partial charge in [-0.25, -0.2) is 0 Å². The fraction of sp³-hybridized carbons (Fsp3) is 1.00. The molecule has 0 nitrogen and oxygen atoms in total. The Morgan fingerprint density at radius 1 is 1.40 bits per heavy atom. The van der Waals surface area contributed by atoms with Crippen LogP contribution in [0.1, 0.15) is 40.0 Å². The SMILES string of the molecule is CCC1C2CCC(C)(C)C12. The minimum atomic E-state index is 0.700. The summed E-state index contributed by atoms with van der Waals surface area (Å²) < 4.78 is 0. The van der Waals surface area contributed by atoms with E-state index in [-0.39, 0.29) is 0 Å². The van der Waals surface area contributed by atoms with Crippen LogP contribution in [0.4, 0.5) is 0 Å². The van der Waals surface area contributed by atoms with Crippen molar-refractivity contribution in [2.24, 2.45) is 23.2 Å². The summed E-state index contributed by atoms with van der Waals surface area (Å²) in [4.78, 5) is 0. The van der Waals surface area contributed by atoms with Gasteiger partial charge in [-0.2, -0.15) is 0 Å². The molecule has 2 saturated carbocycles. The first-order chi connectivity index (χ1) is 4.67. The van der Waals surface area contributed by atoms with Gasteiger partial charge in [-0.3, -0.25) is 0 Å². The van der Waals surface area contributed by atoms with E-state index in [0.717, 1.165) is 17.8 Å². The van der Waals surface area contributed by atoms with Gasteiger partial charge in [0.2, 0.25) is 0 Å². The molecule has 2 rings (SSSR count). The smallest absolute Gasteiger partial charge is 0.0301 e. The Bertz CT molecular complexity index is 142. The van der Waals surface area contributed by atoms with Crippen LogP contribution in [0, 0.1) is 23.2 Å². The van der Waals surface area contributed by atoms with Gasteiger partial charge >= 0.3 is 0 Å². The van der Waals surface area contributed by atoms with Gasteiger partial charge in [-0.15, -0.1) is 0 Å². The molecule has 0 aromatic carbocycles. The molecule has 0 heteroatoms. The van der Waals surface area contributed by atoms with E-state index < -0.39 is 0 Å². The summed E-state index contributed by atoms with van der Waals surface area (Å²) >= 11 is 0. The van der Waals surface area contributed by atoms with Gasteiger partial charge in [0.05, 0.1) is 0 Å². The van der Waals surface area contributed by atoms with E-state index in [1.54, 1.807) is 0 Å². The molecule has 3 atom stereocenters. The van der Waals surface area contributed by atoms with Gasteiger partial charge in [0.15, 0.2) is 0 Å². The van der Waals surface area contributed by atoms with Crippen LogP contribution >= 0.6 is 0 Å². The number of fused-ring (bicyclic) bond motifs is 1. The minimum absolute atomic E-state index is 0.700. The quantitative estimate of drug-likeness (QED) is 0.522. The maximum absolute atomic E-state index is 2.45. The largest absolute Gasteiger partial charge is 0.0651 e. The summed E-state index contributed by atoms with van der Waals surface area (Å²) in [5, 5.41) is 0. The Balaban J connectivity index is 2.07. The lowest BCUT2D eigenvalue weighted by Gasteiger charge is -2.20. The van der Waals surface area contributed by atoms with Crippen molar-refractivity contribution >= 4 is 0 Å². The standard InChI is InChI=1S/C10H18/c1-4-7-8-5-6-10(2,3)9(7)8/h7-9H,4-6H2,1-3H3. The first-order valence-corrected chi connectivity index (χ1v) is 4.67. The van der Waals surface area contributed by atoms with Gasteiger partial charge in [0.1, 0.15) is 0 Å². The molecule has 3 unspecified atom stereocenters. The lowest BCUT2D eigenvalue weighted by atomic mass is 9.85. The minimum Gasteiger partial charge on any atom is -0.0651 e. The maximum Gasteiger partial charge on any atom is -0.0301 e. The topological polar surface area (TPSA) is 0 Å². The first kappa shape index (κ1) is 6.69. The van der Waals surface area contributed by atoms with Crippen LogP contribution in [-0.2, 0) is 0 Å². The Hall–Kier alpha value is 0. The van der Waals surface area contributed by atoms with Crippen molar-refractivity contribution in [2.75, 3.05) is 0 Å². The van der Waals surface area contributed by atoms with Crippen LogP contribution in [0.2, 0.25) is 0 Å². The van der Waals surface area contributed by atoms with Gasteiger partial charge in [-0.1, -0.05) is 27.2 Å². The van der Waals surface area contributed by atoms with E-state index in [9.17, 15) is 0 Å². The molecule has 0 aromatic heterocycles. The average molecular weight is 138 g/mol. The monoisotopic (exact) mass is 138 g/mol. The second kappa shape index (κ2) is 1.78. The van der Waals surface area contributed by atoms with Crippen molar-refractivity contribution in [1.29, 1.82) is 0 Å². The average Bonchev–Trinajstić information content (AvgIpc) is 2.50. The van der Waals surface area contributed by atoms with Gasteiger partial charge in [0, 0.05) is 0 Å². The van der Waals surface area contributed by atoms with Crippen LogP contribution in [0.3, 0.4) is 0 Å². The molecule has 2 aliphatic rings. The van der Waals surface area contributed by atoms with Crippen molar-refractivity contribution in [2.45, 2.75) is 40.0 Å². The zero-order valence-corrected chi connectivity index (χ0v) is 7.35. The van der Waals surface area contributed by atoms with Gasteiger partial charge in [-0.05, 0) is 36.0 Å². The molecule has 2 aliphatic carbocycles. The van der Waals surface area contributed by atoms with E-state index in [0.29, 0.717) is 5.41 Å². The Kier molecular flexibility index (Phi) is 1.19. The van der Waals surface area contributed by atoms with E-state index in [4.69, 9.17) is 0 Å². The molecule has 0 aromatic rings. The number of hydrogen-bond donors (Lipinski definition) is 0. The molecule has 0 heterocycles. The molecule has 0 aliphatic heterocycles. The summed E-state index contributed by atoms with van der Waals surface area (Å²) in [7, 11) is 0. The Labute approximate surface area is 64.0 Å². The fourth-order valence-corrected chi connectivity index (χ4v) is 3.26. The molecular weight excluding hydrogens is 120 g/mol. The fourth-order valence-electron chi connectivity index (χ4n) is 3.26. The van der Waals surface area contributed by atoms with Crippen molar-refractivity contribution < 1.29 is 0 Å². The lowest BCUT2D eigenvalue weighted by Crippen LogP contribution is -2.11. The molecule has 0 N–H and O–H groups in total. The second-order valence-electron chi connectivity index (χ2n) is 4.79. The summed E-state index contributed by atoms with van der Waals surface area (Å²) in [6.45, 7) is 7.25. The Morgan fingerprint density at radius 2 is 2.10 bits per heavy atom. The molecular formula is C10H18. The Morgan fingerprint density at radius 3 is 2.40 bits per heavy atom. The highest BCUT2D eigenvalue weighted by Crippen LogP contribution is 2.66. The predicted octanol–water partition coefficient (Wildman–Crippen LogP) is 3.08. The lowest BCUT2D eigenvalue weighted by molar-refractivity contribution is 0.295. The third-order valence-corrected chi connectivity index (χ3v) is 3.83. The van der Waals surface area contributed by atoms with Crippen LogP contribution in [0.25, 0.3) is 0 Å². The summed E-state index contributed by atoms with van der Waals surface area (Å²) in [5.41, 5.74) is 0.700. The molecule has 0 amide bonds. The molecule has 0 saturated heterocycles. The number of hydrogen-bond acceptors (Lipinski definition) is 0. The van der Waals surface area contributed by atoms with Crippen molar-refractivity contribution in [3.63, 3.8) is 0 Å². The van der Waals surface area contributed by atoms with E-state index in [1.807, 2.05) is 0 Å². The molecule has 0 radical (unpaired) electrons. The normalized spacial score (nSPS) is 48.9. The third-order valence-electron chi connectivity index (χ3n) is 3.83. The molecule has 2 fully saturated rings. The molecule has 10 heavy (non-hydrogen) atoms. The molecule has 0 bridgehead atoms. The van der Waals surface area contributed by atoms with Crippen LogP contribution < -0.4 is 0 Å². The van der Waals surface area contributed by atoms with Crippen LogP contribution in [-0.4, -0.2) is 0 Å². The van der Waals surface area contributed by atoms with Crippen molar-refractivity contribution in [1.82, 2.24) is 0 Å². The summed E-state index contributed by atoms with van der Waals surface area (Å²) in [6.07, 6.45) is 4.44. The highest BCUT2D eigenvalue weighted by Gasteiger charge is 2.59. The van der Waals surface area contributed by atoms with Crippen LogP contribution in [0.5, 0.6) is 0 Å². The predicted molar refractivity (Wildman–Crippen MR) is 43.8 cm³/mol. The van der Waals surface area contributed by atoms with Gasteiger partial charge < -0.3 is 0 Å². The third kappa shape index (κ3) is 0.681. The van der Waals surface area contributed by atoms with Gasteiger partial charge in [0.25, 0.3) is 0 Å². The van der Waals surface area contributed by atoms with Crippen LogP contribution in [0.15, 0.2) is 0 Å². The van der Waals surface area contributed by atoms with Crippen molar-refractivity contribution in [3.05, 3.63) is 0 Å². The molecule has 58 valence electrons. The number of rotatable bonds is 1. The highest BCUT2D eigenvalue weighted by atomic mass is 14.6. The summed E-state index contributed by atoms with van der Waals surface area (Å²) in [6, 6.07) is 0. The molecule has 0 spiro atoms. The van der Waals surface area contributed by atoms with E-state index in [1.165, 1.54) is 19.3 Å².